The van der Waals surface area contributed by atoms with Gasteiger partial charge >= 0.3 is 0 Å². The van der Waals surface area contributed by atoms with Crippen molar-refractivity contribution in [1.82, 2.24) is 0 Å². The average Bonchev–Trinajstić information content (AvgIpc) is 2.34. The predicted molar refractivity (Wildman–Crippen MR) is 76.8 cm³/mol. The van der Waals surface area contributed by atoms with Crippen LogP contribution in [0.25, 0.3) is 6.08 Å². The van der Waals surface area contributed by atoms with Gasteiger partial charge in [-0.25, -0.2) is 0 Å². The Hall–Kier alpha value is -2.02. The monoisotopic (exact) mass is 238 g/mol. The van der Waals surface area contributed by atoms with Crippen LogP contribution >= 0.6 is 0 Å². The van der Waals surface area contributed by atoms with Crippen molar-refractivity contribution in [3.63, 3.8) is 0 Å². The summed E-state index contributed by atoms with van der Waals surface area (Å²) in [5, 5.41) is 9.94. The normalized spacial score (nSPS) is 11.0. The first-order valence-corrected chi connectivity index (χ1v) is 6.17. The van der Waals surface area contributed by atoms with Gasteiger partial charge in [0.05, 0.1) is 0 Å². The quantitative estimate of drug-likeness (QED) is 0.846. The molecule has 0 aliphatic carbocycles. The number of benzene rings is 2. The fourth-order valence-corrected chi connectivity index (χ4v) is 2.12. The number of aromatic hydroxyl groups is 1. The van der Waals surface area contributed by atoms with E-state index in [1.165, 1.54) is 5.56 Å². The first kappa shape index (κ1) is 12.4. The molecule has 1 heteroatoms. The zero-order valence-corrected chi connectivity index (χ0v) is 10.9. The minimum atomic E-state index is 0.394. The third kappa shape index (κ3) is 3.01. The number of phenols is 1. The number of aryl methyl sites for hydroxylation is 2. The molecule has 0 heterocycles. The second-order valence-corrected chi connectivity index (χ2v) is 4.60. The van der Waals surface area contributed by atoms with Gasteiger partial charge in [-0.1, -0.05) is 48.6 Å². The van der Waals surface area contributed by atoms with E-state index in [9.17, 15) is 5.11 Å². The minimum Gasteiger partial charge on any atom is -0.508 e. The van der Waals surface area contributed by atoms with Crippen molar-refractivity contribution in [1.29, 1.82) is 0 Å². The molecule has 0 unspecified atom stereocenters. The molecule has 0 saturated heterocycles. The summed E-state index contributed by atoms with van der Waals surface area (Å²) in [5.74, 6) is 0.394. The zero-order valence-electron chi connectivity index (χ0n) is 10.9. The largest absolute Gasteiger partial charge is 0.508 e. The van der Waals surface area contributed by atoms with Gasteiger partial charge in [0, 0.05) is 5.56 Å². The molecule has 0 aliphatic rings. The molecule has 2 aromatic carbocycles. The molecule has 0 aromatic heterocycles. The molecular formula is C17H18O. The molecule has 92 valence electrons. The maximum absolute atomic E-state index is 9.94. The number of hydrogen-bond acceptors (Lipinski definition) is 1. The van der Waals surface area contributed by atoms with Crippen molar-refractivity contribution in [2.75, 3.05) is 0 Å². The van der Waals surface area contributed by atoms with Crippen molar-refractivity contribution in [2.24, 2.45) is 0 Å². The fourth-order valence-electron chi connectivity index (χ4n) is 2.12. The molecule has 1 nitrogen and oxygen atoms in total. The van der Waals surface area contributed by atoms with Crippen molar-refractivity contribution in [3.05, 3.63) is 70.8 Å². The lowest BCUT2D eigenvalue weighted by molar-refractivity contribution is 0.468. The summed E-state index contributed by atoms with van der Waals surface area (Å²) in [7, 11) is 0. The second kappa shape index (κ2) is 5.54. The van der Waals surface area contributed by atoms with Crippen molar-refractivity contribution >= 4 is 6.08 Å². The Morgan fingerprint density at radius 1 is 1.06 bits per heavy atom. The van der Waals surface area contributed by atoms with Crippen LogP contribution in [0, 0.1) is 13.8 Å². The summed E-state index contributed by atoms with van der Waals surface area (Å²) >= 11 is 0. The van der Waals surface area contributed by atoms with Crippen LogP contribution in [-0.2, 0) is 6.42 Å². The Balaban J connectivity index is 2.14. The van der Waals surface area contributed by atoms with Crippen LogP contribution in [0.2, 0.25) is 0 Å². The maximum atomic E-state index is 9.94. The Morgan fingerprint density at radius 3 is 2.44 bits per heavy atom. The van der Waals surface area contributed by atoms with E-state index in [2.05, 4.69) is 30.4 Å². The highest BCUT2D eigenvalue weighted by atomic mass is 16.3. The summed E-state index contributed by atoms with van der Waals surface area (Å²) in [5.41, 5.74) is 4.43. The first-order valence-electron chi connectivity index (χ1n) is 6.17. The van der Waals surface area contributed by atoms with E-state index >= 15 is 0 Å². The van der Waals surface area contributed by atoms with Gasteiger partial charge in [-0.15, -0.1) is 0 Å². The molecule has 0 fully saturated rings. The van der Waals surface area contributed by atoms with Gasteiger partial charge in [-0.2, -0.15) is 0 Å². The van der Waals surface area contributed by atoms with E-state index in [1.807, 2.05) is 38.1 Å². The van der Waals surface area contributed by atoms with Crippen LogP contribution in [-0.4, -0.2) is 5.11 Å². The standard InChI is InChI=1S/C17H18O/c1-13-11-14(2)16(17(18)12-13)10-6-9-15-7-4-3-5-8-15/h3-9,11-12,18H,10H2,1-2H3/b9-6+. The van der Waals surface area contributed by atoms with E-state index < -0.39 is 0 Å². The van der Waals surface area contributed by atoms with Crippen LogP contribution in [0.3, 0.4) is 0 Å². The molecule has 18 heavy (non-hydrogen) atoms. The summed E-state index contributed by atoms with van der Waals surface area (Å²) in [4.78, 5) is 0. The number of rotatable bonds is 3. The number of allylic oxidation sites excluding steroid dienone is 1. The third-order valence-corrected chi connectivity index (χ3v) is 3.03. The molecule has 2 rings (SSSR count). The lowest BCUT2D eigenvalue weighted by atomic mass is 10.0. The SMILES string of the molecule is Cc1cc(C)c(C/C=C/c2ccccc2)c(O)c1. The Kier molecular flexibility index (Phi) is 3.83. The van der Waals surface area contributed by atoms with Gasteiger partial charge in [0.25, 0.3) is 0 Å². The second-order valence-electron chi connectivity index (χ2n) is 4.60. The lowest BCUT2D eigenvalue weighted by Gasteiger charge is -2.07. The molecule has 0 bridgehead atoms. The van der Waals surface area contributed by atoms with Crippen LogP contribution in [0.1, 0.15) is 22.3 Å². The molecule has 2 aromatic rings. The van der Waals surface area contributed by atoms with E-state index in [0.29, 0.717) is 5.75 Å². The Morgan fingerprint density at radius 2 is 1.78 bits per heavy atom. The highest BCUT2D eigenvalue weighted by Gasteiger charge is 2.03. The molecule has 0 aliphatic heterocycles. The zero-order chi connectivity index (χ0) is 13.0. The third-order valence-electron chi connectivity index (χ3n) is 3.03. The van der Waals surface area contributed by atoms with Gasteiger partial charge in [-0.05, 0) is 43.0 Å². The summed E-state index contributed by atoms with van der Waals surface area (Å²) in [6.45, 7) is 4.04. The van der Waals surface area contributed by atoms with E-state index in [4.69, 9.17) is 0 Å². The van der Waals surface area contributed by atoms with Crippen LogP contribution < -0.4 is 0 Å². The summed E-state index contributed by atoms with van der Waals surface area (Å²) in [6.07, 6.45) is 4.93. The van der Waals surface area contributed by atoms with Crippen molar-refractivity contribution in [2.45, 2.75) is 20.3 Å². The summed E-state index contributed by atoms with van der Waals surface area (Å²) < 4.78 is 0. The Bertz CT molecular complexity index is 530. The predicted octanol–water partition coefficient (Wildman–Crippen LogP) is 4.26. The molecule has 0 spiro atoms. The molecule has 0 atom stereocenters. The van der Waals surface area contributed by atoms with E-state index in [-0.39, 0.29) is 0 Å². The highest BCUT2D eigenvalue weighted by molar-refractivity contribution is 5.51. The van der Waals surface area contributed by atoms with E-state index in [0.717, 1.165) is 23.1 Å². The van der Waals surface area contributed by atoms with Crippen LogP contribution in [0.5, 0.6) is 5.75 Å². The smallest absolute Gasteiger partial charge is 0.119 e. The Labute approximate surface area is 108 Å². The molecule has 0 radical (unpaired) electrons. The van der Waals surface area contributed by atoms with Crippen molar-refractivity contribution in [3.8, 4) is 5.75 Å². The van der Waals surface area contributed by atoms with Crippen molar-refractivity contribution < 1.29 is 5.11 Å². The number of phenolic OH excluding ortho intramolecular Hbond substituents is 1. The van der Waals surface area contributed by atoms with Gasteiger partial charge in [0.1, 0.15) is 5.75 Å². The average molecular weight is 238 g/mol. The molecule has 0 saturated carbocycles. The van der Waals surface area contributed by atoms with Gasteiger partial charge in [0.15, 0.2) is 0 Å². The fraction of sp³-hybridized carbons (Fsp3) is 0.176. The maximum Gasteiger partial charge on any atom is 0.119 e. The van der Waals surface area contributed by atoms with Gasteiger partial charge in [0.2, 0.25) is 0 Å². The summed E-state index contributed by atoms with van der Waals surface area (Å²) in [6, 6.07) is 14.1. The van der Waals surface area contributed by atoms with E-state index in [1.54, 1.807) is 0 Å². The lowest BCUT2D eigenvalue weighted by Crippen LogP contribution is -1.89. The minimum absolute atomic E-state index is 0.394. The molecular weight excluding hydrogens is 220 g/mol. The topological polar surface area (TPSA) is 20.2 Å². The van der Waals surface area contributed by atoms with Crippen LogP contribution in [0.15, 0.2) is 48.5 Å². The van der Waals surface area contributed by atoms with Gasteiger partial charge < -0.3 is 5.11 Å². The molecule has 1 N–H and O–H groups in total. The van der Waals surface area contributed by atoms with Gasteiger partial charge in [-0.3, -0.25) is 0 Å². The number of hydrogen-bond donors (Lipinski definition) is 1. The first-order chi connectivity index (χ1) is 8.66. The van der Waals surface area contributed by atoms with Crippen LogP contribution in [0.4, 0.5) is 0 Å². The molecule has 0 amide bonds. The highest BCUT2D eigenvalue weighted by Crippen LogP contribution is 2.23.